The van der Waals surface area contributed by atoms with Gasteiger partial charge in [0.2, 0.25) is 0 Å². The number of hydrogen-bond donors (Lipinski definition) is 0. The van der Waals surface area contributed by atoms with E-state index >= 15 is 0 Å². The zero-order valence-electron chi connectivity index (χ0n) is 22.8. The van der Waals surface area contributed by atoms with Crippen molar-refractivity contribution in [3.05, 3.63) is 129 Å². The van der Waals surface area contributed by atoms with Crippen molar-refractivity contribution in [1.29, 1.82) is 0 Å². The van der Waals surface area contributed by atoms with E-state index in [4.69, 9.17) is 33.2 Å². The molecule has 0 atom stereocenters. The third-order valence-electron chi connectivity index (χ3n) is 7.02. The summed E-state index contributed by atoms with van der Waals surface area (Å²) in [5.41, 5.74) is 6.61. The van der Waals surface area contributed by atoms with E-state index < -0.39 is 0 Å². The third-order valence-corrected chi connectivity index (χ3v) is 7.53. The highest BCUT2D eigenvalue weighted by molar-refractivity contribution is 6.36. The smallest absolute Gasteiger partial charge is 0.138 e. The molecule has 5 rings (SSSR count). The van der Waals surface area contributed by atoms with Gasteiger partial charge in [-0.15, -0.1) is 0 Å². The maximum Gasteiger partial charge on any atom is 0.138 e. The number of halogens is 3. The molecule has 0 saturated carbocycles. The fraction of sp³-hybridized carbons (Fsp3) is 0.212. The highest BCUT2D eigenvalue weighted by Crippen LogP contribution is 2.33. The minimum Gasteiger partial charge on any atom is -0.338 e. The van der Waals surface area contributed by atoms with Crippen LogP contribution in [0, 0.1) is 26.6 Å². The number of benzene rings is 4. The minimum atomic E-state index is -0.295. The second-order valence-corrected chi connectivity index (χ2v) is 10.9. The lowest BCUT2D eigenvalue weighted by molar-refractivity contribution is 0.214. The molecular formula is C33H31Cl2FN4. The Balaban J connectivity index is 1.59. The number of para-hydroxylation sites is 1. The van der Waals surface area contributed by atoms with E-state index in [1.54, 1.807) is 18.2 Å². The lowest BCUT2D eigenvalue weighted by Crippen LogP contribution is -2.50. The van der Waals surface area contributed by atoms with Crippen molar-refractivity contribution in [3.8, 4) is 0 Å². The number of hydrogen-bond acceptors (Lipinski definition) is 2. The summed E-state index contributed by atoms with van der Waals surface area (Å²) in [7, 11) is 0. The first kappa shape index (κ1) is 27.9. The monoisotopic (exact) mass is 572 g/mol. The van der Waals surface area contributed by atoms with Crippen LogP contribution >= 0.6 is 23.2 Å². The van der Waals surface area contributed by atoms with Gasteiger partial charge in [-0.1, -0.05) is 71.7 Å². The van der Waals surface area contributed by atoms with Crippen molar-refractivity contribution < 1.29 is 4.39 Å². The van der Waals surface area contributed by atoms with E-state index in [1.165, 1.54) is 12.1 Å². The second kappa shape index (κ2) is 12.2. The van der Waals surface area contributed by atoms with E-state index in [2.05, 4.69) is 54.0 Å². The Hall–Kier alpha value is -3.67. The first-order valence-corrected chi connectivity index (χ1v) is 14.1. The molecule has 40 heavy (non-hydrogen) atoms. The number of rotatable bonds is 4. The predicted octanol–water partition coefficient (Wildman–Crippen LogP) is 8.88. The van der Waals surface area contributed by atoms with Gasteiger partial charge in [-0.05, 0) is 80.3 Å². The average molecular weight is 574 g/mol. The number of amidine groups is 2. The van der Waals surface area contributed by atoms with Crippen LogP contribution in [0.25, 0.3) is 0 Å². The van der Waals surface area contributed by atoms with Crippen LogP contribution in [0.15, 0.2) is 94.9 Å². The first-order valence-electron chi connectivity index (χ1n) is 13.3. The maximum absolute atomic E-state index is 13.9. The summed E-state index contributed by atoms with van der Waals surface area (Å²) in [6.45, 7) is 8.29. The highest BCUT2D eigenvalue weighted by Gasteiger charge is 2.26. The fourth-order valence-electron chi connectivity index (χ4n) is 5.00. The summed E-state index contributed by atoms with van der Waals surface area (Å²) in [5.74, 6) is 1.33. The Morgan fingerprint density at radius 2 is 1.25 bits per heavy atom. The van der Waals surface area contributed by atoms with Crippen molar-refractivity contribution in [2.75, 3.05) is 19.8 Å². The Bertz CT molecular complexity index is 1520. The molecule has 4 nitrogen and oxygen atoms in total. The molecule has 1 fully saturated rings. The van der Waals surface area contributed by atoms with Gasteiger partial charge >= 0.3 is 0 Å². The lowest BCUT2D eigenvalue weighted by Gasteiger charge is -2.39. The SMILES string of the molecule is Cc1cccc(C)c1/N=C(\c1ccccc1)N1CCCN(/C(=N/c2c(C)cc(Cl)cc2Cl)c2ccc(F)cc2)C1. The summed E-state index contributed by atoms with van der Waals surface area (Å²) in [5, 5.41) is 1.03. The van der Waals surface area contributed by atoms with Crippen molar-refractivity contribution in [1.82, 2.24) is 9.80 Å². The Morgan fingerprint density at radius 3 is 1.85 bits per heavy atom. The first-order chi connectivity index (χ1) is 19.3. The van der Waals surface area contributed by atoms with Crippen LogP contribution in [0.3, 0.4) is 0 Å². The zero-order chi connectivity index (χ0) is 28.2. The Labute approximate surface area is 245 Å². The molecule has 0 aliphatic carbocycles. The van der Waals surface area contributed by atoms with Gasteiger partial charge < -0.3 is 9.80 Å². The van der Waals surface area contributed by atoms with Crippen LogP contribution in [-0.4, -0.2) is 41.2 Å². The van der Waals surface area contributed by atoms with Crippen LogP contribution in [0.2, 0.25) is 10.0 Å². The Morgan fingerprint density at radius 1 is 0.675 bits per heavy atom. The van der Waals surface area contributed by atoms with E-state index in [9.17, 15) is 4.39 Å². The Kier molecular flexibility index (Phi) is 8.53. The molecule has 1 aliphatic rings. The molecule has 0 N–H and O–H groups in total. The van der Waals surface area contributed by atoms with E-state index in [0.717, 1.165) is 64.7 Å². The van der Waals surface area contributed by atoms with Gasteiger partial charge in [0.15, 0.2) is 0 Å². The molecule has 0 bridgehead atoms. The highest BCUT2D eigenvalue weighted by atomic mass is 35.5. The minimum absolute atomic E-state index is 0.295. The van der Waals surface area contributed by atoms with Gasteiger partial charge in [-0.3, -0.25) is 0 Å². The molecule has 1 aliphatic heterocycles. The molecule has 4 aromatic rings. The third kappa shape index (κ3) is 6.22. The zero-order valence-corrected chi connectivity index (χ0v) is 24.3. The summed E-state index contributed by atoms with van der Waals surface area (Å²) in [6.07, 6.45) is 0.895. The number of nitrogens with zero attached hydrogens (tertiary/aromatic N) is 4. The van der Waals surface area contributed by atoms with Crippen molar-refractivity contribution in [2.24, 2.45) is 9.98 Å². The summed E-state index contributed by atoms with van der Waals surface area (Å²) >= 11 is 12.8. The van der Waals surface area contributed by atoms with Crippen LogP contribution in [0.4, 0.5) is 15.8 Å². The molecule has 0 aromatic heterocycles. The molecule has 204 valence electrons. The molecule has 0 radical (unpaired) electrons. The quantitative estimate of drug-likeness (QED) is 0.180. The molecule has 7 heteroatoms. The molecule has 0 amide bonds. The molecular weight excluding hydrogens is 542 g/mol. The van der Waals surface area contributed by atoms with Gasteiger partial charge in [0.25, 0.3) is 0 Å². The lowest BCUT2D eigenvalue weighted by atomic mass is 10.1. The number of aliphatic imine (C=N–C) groups is 2. The van der Waals surface area contributed by atoms with Crippen molar-refractivity contribution >= 4 is 46.2 Å². The summed E-state index contributed by atoms with van der Waals surface area (Å²) in [6, 6.07) is 26.5. The van der Waals surface area contributed by atoms with Gasteiger partial charge in [-0.2, -0.15) is 0 Å². The predicted molar refractivity (Wildman–Crippen MR) is 165 cm³/mol. The average Bonchev–Trinajstić information content (AvgIpc) is 2.94. The summed E-state index contributed by atoms with van der Waals surface area (Å²) < 4.78 is 13.9. The van der Waals surface area contributed by atoms with Gasteiger partial charge in [0, 0.05) is 29.2 Å². The van der Waals surface area contributed by atoms with Gasteiger partial charge in [0.1, 0.15) is 17.5 Å². The summed E-state index contributed by atoms with van der Waals surface area (Å²) in [4.78, 5) is 14.8. The largest absolute Gasteiger partial charge is 0.338 e. The van der Waals surface area contributed by atoms with E-state index in [1.807, 2.05) is 31.2 Å². The van der Waals surface area contributed by atoms with Gasteiger partial charge in [-0.25, -0.2) is 14.4 Å². The van der Waals surface area contributed by atoms with Crippen LogP contribution in [0.1, 0.15) is 34.2 Å². The molecule has 0 spiro atoms. The normalized spacial score (nSPS) is 14.6. The van der Waals surface area contributed by atoms with Crippen LogP contribution in [-0.2, 0) is 0 Å². The molecule has 0 unspecified atom stereocenters. The van der Waals surface area contributed by atoms with Crippen LogP contribution < -0.4 is 0 Å². The second-order valence-electron chi connectivity index (χ2n) is 10.1. The van der Waals surface area contributed by atoms with E-state index in [0.29, 0.717) is 22.4 Å². The maximum atomic E-state index is 13.9. The van der Waals surface area contributed by atoms with E-state index in [-0.39, 0.29) is 5.82 Å². The van der Waals surface area contributed by atoms with Crippen molar-refractivity contribution in [2.45, 2.75) is 27.2 Å². The van der Waals surface area contributed by atoms with Crippen molar-refractivity contribution in [3.63, 3.8) is 0 Å². The fourth-order valence-corrected chi connectivity index (χ4v) is 5.64. The topological polar surface area (TPSA) is 31.2 Å². The molecule has 1 saturated heterocycles. The molecule has 4 aromatic carbocycles. The van der Waals surface area contributed by atoms with Gasteiger partial charge in [0.05, 0.1) is 23.1 Å². The standard InChI is InChI=1S/C33H31Cl2FN4/c1-22-9-7-10-23(2)30(22)37-32(25-11-5-4-6-12-25)39-17-8-18-40(21-39)33(26-13-15-28(36)16-14-26)38-31-24(3)19-27(34)20-29(31)35/h4-7,9-16,19-20H,8,17-18,21H2,1-3H3/b37-32+,38-33+. The van der Waals surface area contributed by atoms with Crippen LogP contribution in [0.5, 0.6) is 0 Å². The number of aryl methyl sites for hydroxylation is 3. The molecule has 1 heterocycles.